The number of ether oxygens (including phenoxy) is 1. The predicted octanol–water partition coefficient (Wildman–Crippen LogP) is 3.52. The van der Waals surface area contributed by atoms with Gasteiger partial charge in [-0.1, -0.05) is 43.3 Å². The van der Waals surface area contributed by atoms with Crippen LogP contribution in [0.2, 0.25) is 0 Å². The average Bonchev–Trinajstić information content (AvgIpc) is 2.67. The highest BCUT2D eigenvalue weighted by Crippen LogP contribution is 2.30. The lowest BCUT2D eigenvalue weighted by Gasteiger charge is -2.29. The van der Waals surface area contributed by atoms with Gasteiger partial charge in [0.2, 0.25) is 0 Å². The summed E-state index contributed by atoms with van der Waals surface area (Å²) in [6.07, 6.45) is 0.925. The minimum atomic E-state index is -0.528. The summed E-state index contributed by atoms with van der Waals surface area (Å²) in [6.45, 7) is 3.81. The van der Waals surface area contributed by atoms with E-state index in [1.165, 1.54) is 5.56 Å². The fourth-order valence-electron chi connectivity index (χ4n) is 3.13. The van der Waals surface area contributed by atoms with Crippen molar-refractivity contribution in [2.45, 2.75) is 26.3 Å². The minimum Gasteiger partial charge on any atom is -0.495 e. The van der Waals surface area contributed by atoms with Crippen LogP contribution in [0.4, 0.5) is 10.5 Å². The second-order valence-electron chi connectivity index (χ2n) is 6.32. The Hall–Kier alpha value is -3.28. The van der Waals surface area contributed by atoms with E-state index in [9.17, 15) is 9.59 Å². The van der Waals surface area contributed by atoms with E-state index in [1.54, 1.807) is 26.2 Å². The number of methoxy groups -OCH3 is 1. The first-order valence-electron chi connectivity index (χ1n) is 8.85. The van der Waals surface area contributed by atoms with Crippen molar-refractivity contribution in [1.82, 2.24) is 10.6 Å². The number of rotatable bonds is 5. The van der Waals surface area contributed by atoms with Gasteiger partial charge in [0, 0.05) is 5.70 Å². The van der Waals surface area contributed by atoms with E-state index in [4.69, 9.17) is 4.74 Å². The van der Waals surface area contributed by atoms with Crippen molar-refractivity contribution in [3.05, 3.63) is 70.9 Å². The van der Waals surface area contributed by atoms with Crippen LogP contribution < -0.4 is 20.7 Å². The quantitative estimate of drug-likeness (QED) is 0.758. The van der Waals surface area contributed by atoms with Crippen LogP contribution in [0, 0.1) is 0 Å². The molecule has 0 spiro atoms. The molecule has 0 saturated carbocycles. The van der Waals surface area contributed by atoms with Crippen molar-refractivity contribution in [1.29, 1.82) is 0 Å². The van der Waals surface area contributed by atoms with Crippen molar-refractivity contribution in [3.8, 4) is 5.75 Å². The molecule has 2 aromatic rings. The third-order valence-electron chi connectivity index (χ3n) is 4.59. The summed E-state index contributed by atoms with van der Waals surface area (Å²) in [5.41, 5.74) is 3.61. The van der Waals surface area contributed by atoms with Gasteiger partial charge in [0.25, 0.3) is 5.91 Å². The van der Waals surface area contributed by atoms with E-state index in [2.05, 4.69) is 22.9 Å². The van der Waals surface area contributed by atoms with Crippen molar-refractivity contribution in [2.75, 3.05) is 12.4 Å². The third kappa shape index (κ3) is 3.95. The summed E-state index contributed by atoms with van der Waals surface area (Å²) in [7, 11) is 1.55. The summed E-state index contributed by atoms with van der Waals surface area (Å²) >= 11 is 0. The van der Waals surface area contributed by atoms with Crippen molar-refractivity contribution in [2.24, 2.45) is 0 Å². The summed E-state index contributed by atoms with van der Waals surface area (Å²) in [4.78, 5) is 25.0. The molecule has 3 N–H and O–H groups in total. The van der Waals surface area contributed by atoms with E-state index in [0.29, 0.717) is 22.7 Å². The van der Waals surface area contributed by atoms with Gasteiger partial charge in [-0.2, -0.15) is 0 Å². The Morgan fingerprint density at radius 1 is 1.15 bits per heavy atom. The van der Waals surface area contributed by atoms with E-state index in [0.717, 1.165) is 12.0 Å². The number of nitrogens with one attached hydrogen (secondary N) is 3. The van der Waals surface area contributed by atoms with Crippen molar-refractivity contribution < 1.29 is 14.3 Å². The summed E-state index contributed by atoms with van der Waals surface area (Å²) in [6, 6.07) is 14.2. The molecule has 27 heavy (non-hydrogen) atoms. The number of allylic oxidation sites excluding steroid dienone is 1. The van der Waals surface area contributed by atoms with Crippen LogP contribution in [0.1, 0.15) is 31.0 Å². The highest BCUT2D eigenvalue weighted by Gasteiger charge is 2.31. The molecule has 1 aliphatic heterocycles. The van der Waals surface area contributed by atoms with Crippen LogP contribution in [-0.2, 0) is 11.2 Å². The van der Waals surface area contributed by atoms with E-state index in [1.807, 2.05) is 36.4 Å². The fraction of sp³-hybridized carbons (Fsp3) is 0.238. The fourth-order valence-corrected chi connectivity index (χ4v) is 3.13. The van der Waals surface area contributed by atoms with Crippen molar-refractivity contribution >= 4 is 17.6 Å². The zero-order valence-electron chi connectivity index (χ0n) is 15.6. The lowest BCUT2D eigenvalue weighted by atomic mass is 9.94. The summed E-state index contributed by atoms with van der Waals surface area (Å²) < 4.78 is 5.30. The van der Waals surface area contributed by atoms with E-state index in [-0.39, 0.29) is 11.9 Å². The Balaban J connectivity index is 1.94. The summed E-state index contributed by atoms with van der Waals surface area (Å²) in [5, 5.41) is 8.42. The average molecular weight is 365 g/mol. The molecule has 6 nitrogen and oxygen atoms in total. The van der Waals surface area contributed by atoms with Gasteiger partial charge in [0.1, 0.15) is 5.75 Å². The molecule has 1 aliphatic rings. The van der Waals surface area contributed by atoms with Gasteiger partial charge < -0.3 is 20.7 Å². The highest BCUT2D eigenvalue weighted by molar-refractivity contribution is 6.07. The molecule has 3 rings (SSSR count). The standard InChI is InChI=1S/C21H23N3O3/c1-4-14-9-11-15(12-10-14)19-18(13(2)22-21(26)24-19)20(25)23-16-7-5-6-8-17(16)27-3/h5-12,19H,4H2,1-3H3,(H,23,25)(H2,22,24,26)/t19-/m0/s1. The number of hydrogen-bond acceptors (Lipinski definition) is 3. The molecule has 2 aromatic carbocycles. The van der Waals surface area contributed by atoms with Crippen LogP contribution in [-0.4, -0.2) is 19.0 Å². The smallest absolute Gasteiger partial charge is 0.319 e. The van der Waals surface area contributed by atoms with Crippen LogP contribution in [0.25, 0.3) is 0 Å². The Labute approximate surface area is 158 Å². The van der Waals surface area contributed by atoms with Crippen LogP contribution in [0.3, 0.4) is 0 Å². The number of amides is 3. The second-order valence-corrected chi connectivity index (χ2v) is 6.32. The molecule has 140 valence electrons. The maximum absolute atomic E-state index is 13.0. The van der Waals surface area contributed by atoms with Crippen LogP contribution >= 0.6 is 0 Å². The molecule has 0 bridgehead atoms. The largest absolute Gasteiger partial charge is 0.495 e. The molecule has 0 fully saturated rings. The third-order valence-corrected chi connectivity index (χ3v) is 4.59. The molecule has 3 amide bonds. The van der Waals surface area contributed by atoms with Gasteiger partial charge >= 0.3 is 6.03 Å². The number of urea groups is 1. The molecular weight excluding hydrogens is 342 g/mol. The molecule has 1 atom stereocenters. The molecule has 0 aliphatic carbocycles. The maximum Gasteiger partial charge on any atom is 0.319 e. The number of hydrogen-bond donors (Lipinski definition) is 3. The lowest BCUT2D eigenvalue weighted by molar-refractivity contribution is -0.113. The molecule has 0 unspecified atom stereocenters. The van der Waals surface area contributed by atoms with Crippen molar-refractivity contribution in [3.63, 3.8) is 0 Å². The number of anilines is 1. The zero-order valence-corrected chi connectivity index (χ0v) is 15.6. The SMILES string of the molecule is CCc1ccc([C@@H]2NC(=O)NC(C)=C2C(=O)Nc2ccccc2OC)cc1. The summed E-state index contributed by atoms with van der Waals surface area (Å²) in [5.74, 6) is 0.273. The zero-order chi connectivity index (χ0) is 19.4. The Bertz CT molecular complexity index is 888. The Kier molecular flexibility index (Phi) is 5.45. The van der Waals surface area contributed by atoms with Gasteiger partial charge in [-0.3, -0.25) is 4.79 Å². The maximum atomic E-state index is 13.0. The highest BCUT2D eigenvalue weighted by atomic mass is 16.5. The van der Waals surface area contributed by atoms with Gasteiger partial charge in [0.05, 0.1) is 24.4 Å². The molecule has 0 aromatic heterocycles. The second kappa shape index (κ2) is 7.95. The first-order chi connectivity index (χ1) is 13.0. The van der Waals surface area contributed by atoms with Gasteiger partial charge in [-0.25, -0.2) is 4.79 Å². The number of benzene rings is 2. The number of aryl methyl sites for hydroxylation is 1. The number of para-hydroxylation sites is 2. The molecule has 0 radical (unpaired) electrons. The van der Waals surface area contributed by atoms with Gasteiger partial charge in [-0.15, -0.1) is 0 Å². The Morgan fingerprint density at radius 3 is 2.52 bits per heavy atom. The first kappa shape index (κ1) is 18.5. The predicted molar refractivity (Wildman–Crippen MR) is 105 cm³/mol. The monoisotopic (exact) mass is 365 g/mol. The van der Waals surface area contributed by atoms with Crippen LogP contribution in [0.15, 0.2) is 59.8 Å². The Morgan fingerprint density at radius 2 is 1.85 bits per heavy atom. The topological polar surface area (TPSA) is 79.5 Å². The minimum absolute atomic E-state index is 0.297. The first-order valence-corrected chi connectivity index (χ1v) is 8.85. The van der Waals surface area contributed by atoms with Crippen LogP contribution in [0.5, 0.6) is 5.75 Å². The molecule has 0 saturated heterocycles. The number of carbonyl (C=O) groups is 2. The normalized spacial score (nSPS) is 16.4. The molecule has 6 heteroatoms. The lowest BCUT2D eigenvalue weighted by Crippen LogP contribution is -2.46. The van der Waals surface area contributed by atoms with Gasteiger partial charge in [0.15, 0.2) is 0 Å². The number of carbonyl (C=O) groups excluding carboxylic acids is 2. The molecule has 1 heterocycles. The molecular formula is C21H23N3O3. The van der Waals surface area contributed by atoms with E-state index >= 15 is 0 Å². The van der Waals surface area contributed by atoms with E-state index < -0.39 is 6.04 Å². The van der Waals surface area contributed by atoms with Gasteiger partial charge in [-0.05, 0) is 36.6 Å².